The average molecular weight is 365 g/mol. The molecule has 3 aromatic rings. The van der Waals surface area contributed by atoms with Gasteiger partial charge in [0.2, 0.25) is 0 Å². The van der Waals surface area contributed by atoms with E-state index in [0.29, 0.717) is 10.6 Å². The first-order chi connectivity index (χ1) is 10.8. The van der Waals surface area contributed by atoms with Gasteiger partial charge in [0.25, 0.3) is 10.0 Å². The van der Waals surface area contributed by atoms with Gasteiger partial charge in [0.15, 0.2) is 0 Å². The number of rotatable bonds is 4. The molecule has 0 amide bonds. The Morgan fingerprint density at radius 1 is 1.13 bits per heavy atom. The summed E-state index contributed by atoms with van der Waals surface area (Å²) in [6.45, 7) is 5.67. The Hall–Kier alpha value is -1.70. The lowest BCUT2D eigenvalue weighted by atomic mass is 10.1. The van der Waals surface area contributed by atoms with Gasteiger partial charge in [-0.15, -0.1) is 22.7 Å². The summed E-state index contributed by atoms with van der Waals surface area (Å²) in [6.07, 6.45) is 0. The van der Waals surface area contributed by atoms with Gasteiger partial charge in [0, 0.05) is 26.4 Å². The fraction of sp³-hybridized carbons (Fsp3) is 0.188. The van der Waals surface area contributed by atoms with Gasteiger partial charge in [-0.3, -0.25) is 4.72 Å². The summed E-state index contributed by atoms with van der Waals surface area (Å²) in [7, 11) is -3.57. The highest BCUT2D eigenvalue weighted by molar-refractivity contribution is 7.93. The number of nitrogens with one attached hydrogen (secondary N) is 1. The SMILES string of the molecule is Cc1cc(S(=O)(=O)Nc2cccc(-c3csc(C)n3)c2)c(C)s1. The van der Waals surface area contributed by atoms with E-state index >= 15 is 0 Å². The normalized spacial score (nSPS) is 11.6. The number of benzene rings is 1. The van der Waals surface area contributed by atoms with E-state index in [1.54, 1.807) is 29.5 Å². The van der Waals surface area contributed by atoms with Crippen LogP contribution in [0.3, 0.4) is 0 Å². The fourth-order valence-electron chi connectivity index (χ4n) is 2.32. The second-order valence-corrected chi connectivity index (χ2v) is 9.39. The Morgan fingerprint density at radius 3 is 2.52 bits per heavy atom. The number of aromatic nitrogens is 1. The van der Waals surface area contributed by atoms with Gasteiger partial charge < -0.3 is 0 Å². The third-order valence-electron chi connectivity index (χ3n) is 3.31. The predicted molar refractivity (Wildman–Crippen MR) is 96.9 cm³/mol. The van der Waals surface area contributed by atoms with Crippen molar-refractivity contribution >= 4 is 38.4 Å². The van der Waals surface area contributed by atoms with Crippen molar-refractivity contribution in [1.82, 2.24) is 4.98 Å². The van der Waals surface area contributed by atoms with Gasteiger partial charge in [-0.25, -0.2) is 13.4 Å². The van der Waals surface area contributed by atoms with Crippen molar-refractivity contribution in [2.75, 3.05) is 4.72 Å². The van der Waals surface area contributed by atoms with Gasteiger partial charge in [-0.05, 0) is 39.0 Å². The molecule has 0 aliphatic heterocycles. The topological polar surface area (TPSA) is 59.1 Å². The molecule has 7 heteroatoms. The van der Waals surface area contributed by atoms with Gasteiger partial charge in [0.1, 0.15) is 4.90 Å². The lowest BCUT2D eigenvalue weighted by molar-refractivity contribution is 0.601. The van der Waals surface area contributed by atoms with Crippen molar-refractivity contribution in [1.29, 1.82) is 0 Å². The summed E-state index contributed by atoms with van der Waals surface area (Å²) >= 11 is 3.05. The van der Waals surface area contributed by atoms with E-state index in [1.807, 2.05) is 38.3 Å². The first-order valence-corrected chi connectivity index (χ1v) is 10.2. The van der Waals surface area contributed by atoms with E-state index in [0.717, 1.165) is 26.0 Å². The minimum absolute atomic E-state index is 0.343. The van der Waals surface area contributed by atoms with Gasteiger partial charge in [-0.2, -0.15) is 0 Å². The van der Waals surface area contributed by atoms with Crippen LogP contribution in [0.2, 0.25) is 0 Å². The quantitative estimate of drug-likeness (QED) is 0.736. The van der Waals surface area contributed by atoms with E-state index in [2.05, 4.69) is 9.71 Å². The van der Waals surface area contributed by atoms with E-state index in [1.165, 1.54) is 11.3 Å². The summed E-state index contributed by atoms with van der Waals surface area (Å²) < 4.78 is 27.8. The monoisotopic (exact) mass is 364 g/mol. The molecule has 3 rings (SSSR count). The van der Waals surface area contributed by atoms with Crippen LogP contribution in [0.15, 0.2) is 40.6 Å². The molecular formula is C16H16N2O2S3. The largest absolute Gasteiger partial charge is 0.280 e. The van der Waals surface area contributed by atoms with Gasteiger partial charge in [0.05, 0.1) is 10.7 Å². The van der Waals surface area contributed by atoms with Gasteiger partial charge in [-0.1, -0.05) is 12.1 Å². The minimum atomic E-state index is -3.57. The molecule has 23 heavy (non-hydrogen) atoms. The molecule has 0 atom stereocenters. The predicted octanol–water partition coefficient (Wildman–Crippen LogP) is 4.60. The standard InChI is InChI=1S/C16H16N2O2S3/c1-10-7-16(11(2)22-10)23(19,20)18-14-6-4-5-13(8-14)15-9-21-12(3)17-15/h4-9,18H,1-3H3. The molecule has 4 nitrogen and oxygen atoms in total. The number of hydrogen-bond donors (Lipinski definition) is 1. The highest BCUT2D eigenvalue weighted by Crippen LogP contribution is 2.28. The molecule has 0 radical (unpaired) electrons. The second-order valence-electron chi connectivity index (χ2n) is 5.22. The van der Waals surface area contributed by atoms with Gasteiger partial charge >= 0.3 is 0 Å². The zero-order valence-electron chi connectivity index (χ0n) is 13.0. The maximum Gasteiger partial charge on any atom is 0.262 e. The lowest BCUT2D eigenvalue weighted by Crippen LogP contribution is -2.13. The first-order valence-electron chi connectivity index (χ1n) is 6.97. The van der Waals surface area contributed by atoms with Crippen LogP contribution in [-0.2, 0) is 10.0 Å². The maximum atomic E-state index is 12.6. The van der Waals surface area contributed by atoms with Crippen molar-refractivity contribution in [3.8, 4) is 11.3 Å². The summed E-state index contributed by atoms with van der Waals surface area (Å²) in [5.41, 5.74) is 2.29. The van der Waals surface area contributed by atoms with Crippen LogP contribution >= 0.6 is 22.7 Å². The van der Waals surface area contributed by atoms with Crippen LogP contribution in [0.5, 0.6) is 0 Å². The molecule has 120 valence electrons. The smallest absolute Gasteiger partial charge is 0.262 e. The Bertz CT molecular complexity index is 955. The molecule has 0 saturated heterocycles. The number of thiazole rings is 1. The Balaban J connectivity index is 1.93. The van der Waals surface area contributed by atoms with Crippen molar-refractivity contribution in [2.24, 2.45) is 0 Å². The van der Waals surface area contributed by atoms with Crippen LogP contribution < -0.4 is 4.72 Å². The van der Waals surface area contributed by atoms with E-state index < -0.39 is 10.0 Å². The molecule has 0 aliphatic rings. The number of thiophene rings is 1. The minimum Gasteiger partial charge on any atom is -0.280 e. The zero-order chi connectivity index (χ0) is 16.6. The van der Waals surface area contributed by atoms with Crippen molar-refractivity contribution in [3.05, 3.63) is 50.5 Å². The fourth-order valence-corrected chi connectivity index (χ4v) is 5.55. The number of aryl methyl sites for hydroxylation is 3. The van der Waals surface area contributed by atoms with E-state index in [-0.39, 0.29) is 0 Å². The number of anilines is 1. The summed E-state index contributed by atoms with van der Waals surface area (Å²) in [5.74, 6) is 0. The summed E-state index contributed by atoms with van der Waals surface area (Å²) in [6, 6.07) is 9.01. The van der Waals surface area contributed by atoms with Crippen molar-refractivity contribution in [3.63, 3.8) is 0 Å². The molecule has 0 saturated carbocycles. The average Bonchev–Trinajstić information content (AvgIpc) is 3.05. The molecule has 0 spiro atoms. The van der Waals surface area contributed by atoms with Crippen molar-refractivity contribution < 1.29 is 8.42 Å². The third-order valence-corrected chi connectivity index (χ3v) is 6.69. The number of hydrogen-bond acceptors (Lipinski definition) is 5. The highest BCUT2D eigenvalue weighted by atomic mass is 32.2. The van der Waals surface area contributed by atoms with E-state index in [4.69, 9.17) is 0 Å². The first kappa shape index (κ1) is 16.2. The summed E-state index contributed by atoms with van der Waals surface area (Å²) in [4.78, 5) is 6.55. The Morgan fingerprint density at radius 2 is 1.91 bits per heavy atom. The maximum absolute atomic E-state index is 12.6. The number of sulfonamides is 1. The van der Waals surface area contributed by atoms with Crippen LogP contribution in [0.25, 0.3) is 11.3 Å². The summed E-state index contributed by atoms with van der Waals surface area (Å²) in [5, 5.41) is 2.95. The van der Waals surface area contributed by atoms with Crippen LogP contribution in [0, 0.1) is 20.8 Å². The lowest BCUT2D eigenvalue weighted by Gasteiger charge is -2.08. The van der Waals surface area contributed by atoms with Crippen molar-refractivity contribution in [2.45, 2.75) is 25.7 Å². The molecule has 2 aromatic heterocycles. The third kappa shape index (κ3) is 3.46. The molecule has 0 aliphatic carbocycles. The number of nitrogens with zero attached hydrogens (tertiary/aromatic N) is 1. The van der Waals surface area contributed by atoms with Crippen LogP contribution in [0.4, 0.5) is 5.69 Å². The zero-order valence-corrected chi connectivity index (χ0v) is 15.4. The molecule has 0 fully saturated rings. The Labute approximate surface area is 143 Å². The molecule has 2 heterocycles. The van der Waals surface area contributed by atoms with Crippen LogP contribution in [0.1, 0.15) is 14.8 Å². The molecular weight excluding hydrogens is 348 g/mol. The Kier molecular flexibility index (Phi) is 4.27. The molecule has 0 bridgehead atoms. The van der Waals surface area contributed by atoms with Crippen LogP contribution in [-0.4, -0.2) is 13.4 Å². The molecule has 1 N–H and O–H groups in total. The molecule has 0 unspecified atom stereocenters. The van der Waals surface area contributed by atoms with E-state index in [9.17, 15) is 8.42 Å². The second kappa shape index (κ2) is 6.07. The highest BCUT2D eigenvalue weighted by Gasteiger charge is 2.19. The molecule has 1 aromatic carbocycles.